The monoisotopic (exact) mass is 250 g/mol. The third-order valence-corrected chi connectivity index (χ3v) is 3.59. The van der Waals surface area contributed by atoms with Crippen molar-refractivity contribution in [2.45, 2.75) is 13.5 Å². The molecular formula is C13H18N2OS. The van der Waals surface area contributed by atoms with Gasteiger partial charge in [-0.25, -0.2) is 4.98 Å². The number of para-hydroxylation sites is 1. The molecule has 3 nitrogen and oxygen atoms in total. The number of hydrogen-bond acceptors (Lipinski definition) is 4. The van der Waals surface area contributed by atoms with Crippen LogP contribution in [0.4, 0.5) is 0 Å². The van der Waals surface area contributed by atoms with Crippen molar-refractivity contribution in [1.29, 1.82) is 0 Å². The average Bonchev–Trinajstić information content (AvgIpc) is 2.71. The molecule has 17 heavy (non-hydrogen) atoms. The van der Waals surface area contributed by atoms with Gasteiger partial charge in [0.05, 0.1) is 23.4 Å². The molecule has 1 aromatic carbocycles. The maximum absolute atomic E-state index is 5.34. The predicted molar refractivity (Wildman–Crippen MR) is 72.4 cm³/mol. The van der Waals surface area contributed by atoms with Gasteiger partial charge in [0.15, 0.2) is 0 Å². The van der Waals surface area contributed by atoms with Gasteiger partial charge in [0.2, 0.25) is 0 Å². The van der Waals surface area contributed by atoms with E-state index in [4.69, 9.17) is 4.74 Å². The topological polar surface area (TPSA) is 25.4 Å². The summed E-state index contributed by atoms with van der Waals surface area (Å²) in [5.74, 6) is 0. The summed E-state index contributed by atoms with van der Waals surface area (Å²) in [4.78, 5) is 6.86. The van der Waals surface area contributed by atoms with Gasteiger partial charge in [0, 0.05) is 13.2 Å². The van der Waals surface area contributed by atoms with Crippen molar-refractivity contribution in [1.82, 2.24) is 9.88 Å². The second-order valence-corrected chi connectivity index (χ2v) is 5.13. The molecule has 0 bridgehead atoms. The van der Waals surface area contributed by atoms with E-state index >= 15 is 0 Å². The average molecular weight is 250 g/mol. The first kappa shape index (κ1) is 12.5. The molecular weight excluding hydrogens is 232 g/mol. The maximum Gasteiger partial charge on any atom is 0.108 e. The lowest BCUT2D eigenvalue weighted by molar-refractivity contribution is 0.120. The van der Waals surface area contributed by atoms with Gasteiger partial charge < -0.3 is 4.74 Å². The smallest absolute Gasteiger partial charge is 0.108 e. The van der Waals surface area contributed by atoms with Crippen molar-refractivity contribution in [3.8, 4) is 0 Å². The summed E-state index contributed by atoms with van der Waals surface area (Å²) in [5, 5.41) is 1.17. The minimum absolute atomic E-state index is 0.787. The lowest BCUT2D eigenvalue weighted by atomic mass is 10.3. The van der Waals surface area contributed by atoms with E-state index in [1.54, 1.807) is 11.3 Å². The number of hydrogen-bond donors (Lipinski definition) is 0. The third-order valence-electron chi connectivity index (χ3n) is 2.56. The number of benzene rings is 1. The van der Waals surface area contributed by atoms with E-state index in [0.29, 0.717) is 0 Å². The fraction of sp³-hybridized carbons (Fsp3) is 0.462. The van der Waals surface area contributed by atoms with E-state index in [1.165, 1.54) is 9.71 Å². The zero-order valence-electron chi connectivity index (χ0n) is 10.3. The Morgan fingerprint density at radius 3 is 2.94 bits per heavy atom. The molecule has 0 radical (unpaired) electrons. The first-order chi connectivity index (χ1) is 8.29. The van der Waals surface area contributed by atoms with E-state index in [9.17, 15) is 0 Å². The van der Waals surface area contributed by atoms with Gasteiger partial charge in [-0.05, 0) is 26.1 Å². The van der Waals surface area contributed by atoms with Crippen LogP contribution in [-0.2, 0) is 11.3 Å². The molecule has 0 atom stereocenters. The van der Waals surface area contributed by atoms with Crippen molar-refractivity contribution in [3.63, 3.8) is 0 Å². The second-order valence-electron chi connectivity index (χ2n) is 4.01. The van der Waals surface area contributed by atoms with Crippen LogP contribution in [0.2, 0.25) is 0 Å². The van der Waals surface area contributed by atoms with Crippen LogP contribution in [0.5, 0.6) is 0 Å². The molecule has 4 heteroatoms. The van der Waals surface area contributed by atoms with Crippen LogP contribution in [0.25, 0.3) is 10.2 Å². The Balaban J connectivity index is 1.93. The molecule has 2 aromatic rings. The standard InChI is InChI=1S/C13H18N2OS/c1-3-16-9-8-15(2)10-13-14-11-6-4-5-7-12(11)17-13/h4-7H,3,8-10H2,1-2H3. The zero-order valence-corrected chi connectivity index (χ0v) is 11.2. The van der Waals surface area contributed by atoms with E-state index < -0.39 is 0 Å². The summed E-state index contributed by atoms with van der Waals surface area (Å²) in [6, 6.07) is 8.28. The van der Waals surface area contributed by atoms with Crippen LogP contribution in [0.3, 0.4) is 0 Å². The number of thiazole rings is 1. The lowest BCUT2D eigenvalue weighted by Crippen LogP contribution is -2.22. The summed E-state index contributed by atoms with van der Waals surface area (Å²) < 4.78 is 6.61. The largest absolute Gasteiger partial charge is 0.380 e. The molecule has 0 aliphatic rings. The Kier molecular flexibility index (Phi) is 4.48. The first-order valence-electron chi connectivity index (χ1n) is 5.90. The highest BCUT2D eigenvalue weighted by Gasteiger charge is 2.05. The molecule has 0 fully saturated rings. The van der Waals surface area contributed by atoms with Crippen LogP contribution >= 0.6 is 11.3 Å². The Bertz CT molecular complexity index is 436. The predicted octanol–water partition coefficient (Wildman–Crippen LogP) is 2.76. The molecule has 0 amide bonds. The molecule has 1 aromatic heterocycles. The number of aromatic nitrogens is 1. The Hall–Kier alpha value is -0.970. The molecule has 0 aliphatic heterocycles. The molecule has 0 saturated carbocycles. The molecule has 2 rings (SSSR count). The van der Waals surface area contributed by atoms with E-state index in [0.717, 1.165) is 31.8 Å². The normalized spacial score (nSPS) is 11.5. The maximum atomic E-state index is 5.34. The quantitative estimate of drug-likeness (QED) is 0.737. The fourth-order valence-electron chi connectivity index (χ4n) is 1.66. The number of ether oxygens (including phenoxy) is 1. The van der Waals surface area contributed by atoms with Crippen LogP contribution in [0.1, 0.15) is 11.9 Å². The van der Waals surface area contributed by atoms with Crippen LogP contribution in [0.15, 0.2) is 24.3 Å². The summed E-state index contributed by atoms with van der Waals surface area (Å²) in [6.45, 7) is 5.44. The Morgan fingerprint density at radius 1 is 1.35 bits per heavy atom. The van der Waals surface area contributed by atoms with Gasteiger partial charge >= 0.3 is 0 Å². The highest BCUT2D eigenvalue weighted by molar-refractivity contribution is 7.18. The number of rotatable bonds is 6. The summed E-state index contributed by atoms with van der Waals surface area (Å²) >= 11 is 1.77. The number of likely N-dealkylation sites (N-methyl/N-ethyl adjacent to an activating group) is 1. The number of fused-ring (bicyclic) bond motifs is 1. The molecule has 0 unspecified atom stereocenters. The summed E-state index contributed by atoms with van der Waals surface area (Å²) in [7, 11) is 2.10. The van der Waals surface area contributed by atoms with Crippen molar-refractivity contribution in [2.75, 3.05) is 26.8 Å². The first-order valence-corrected chi connectivity index (χ1v) is 6.72. The van der Waals surface area contributed by atoms with E-state index in [2.05, 4.69) is 35.1 Å². The van der Waals surface area contributed by atoms with Gasteiger partial charge in [-0.2, -0.15) is 0 Å². The molecule has 0 aliphatic carbocycles. The molecule has 0 N–H and O–H groups in total. The van der Waals surface area contributed by atoms with Gasteiger partial charge in [0.25, 0.3) is 0 Å². The SMILES string of the molecule is CCOCCN(C)Cc1nc2ccccc2s1. The lowest BCUT2D eigenvalue weighted by Gasteiger charge is -2.14. The van der Waals surface area contributed by atoms with Crippen LogP contribution in [0, 0.1) is 0 Å². The molecule has 92 valence electrons. The van der Waals surface area contributed by atoms with Crippen molar-refractivity contribution < 1.29 is 4.74 Å². The second kappa shape index (κ2) is 6.10. The Labute approximate surface area is 106 Å². The summed E-state index contributed by atoms with van der Waals surface area (Å²) in [5.41, 5.74) is 1.10. The van der Waals surface area contributed by atoms with Gasteiger partial charge in [0.1, 0.15) is 5.01 Å². The number of nitrogens with zero attached hydrogens (tertiary/aromatic N) is 2. The fourth-order valence-corrected chi connectivity index (χ4v) is 2.71. The van der Waals surface area contributed by atoms with Crippen molar-refractivity contribution in [3.05, 3.63) is 29.3 Å². The van der Waals surface area contributed by atoms with Gasteiger partial charge in [-0.1, -0.05) is 12.1 Å². The zero-order chi connectivity index (χ0) is 12.1. The van der Waals surface area contributed by atoms with E-state index in [-0.39, 0.29) is 0 Å². The Morgan fingerprint density at radius 2 is 2.18 bits per heavy atom. The molecule has 0 saturated heterocycles. The highest BCUT2D eigenvalue weighted by Crippen LogP contribution is 2.22. The van der Waals surface area contributed by atoms with Crippen LogP contribution < -0.4 is 0 Å². The molecule has 1 heterocycles. The molecule has 0 spiro atoms. The third kappa shape index (κ3) is 3.49. The van der Waals surface area contributed by atoms with Crippen LogP contribution in [-0.4, -0.2) is 36.7 Å². The van der Waals surface area contributed by atoms with Gasteiger partial charge in [-0.15, -0.1) is 11.3 Å². The summed E-state index contributed by atoms with van der Waals surface area (Å²) in [6.07, 6.45) is 0. The van der Waals surface area contributed by atoms with Gasteiger partial charge in [-0.3, -0.25) is 4.90 Å². The minimum atomic E-state index is 0.787. The highest BCUT2D eigenvalue weighted by atomic mass is 32.1. The minimum Gasteiger partial charge on any atom is -0.380 e. The van der Waals surface area contributed by atoms with Crippen molar-refractivity contribution in [2.24, 2.45) is 0 Å². The van der Waals surface area contributed by atoms with E-state index in [1.807, 2.05) is 13.0 Å². The van der Waals surface area contributed by atoms with Crippen molar-refractivity contribution >= 4 is 21.6 Å².